The van der Waals surface area contributed by atoms with Gasteiger partial charge in [0, 0.05) is 43.4 Å². The molecule has 0 aliphatic carbocycles. The molecule has 0 spiro atoms. The molecule has 3 atom stereocenters. The van der Waals surface area contributed by atoms with Gasteiger partial charge < -0.3 is 24.7 Å². The summed E-state index contributed by atoms with van der Waals surface area (Å²) in [6.45, 7) is 2.59. The van der Waals surface area contributed by atoms with Gasteiger partial charge in [-0.05, 0) is 31.2 Å². The minimum atomic E-state index is -4.51. The molecule has 0 saturated carbocycles. The first-order valence-electron chi connectivity index (χ1n) is 13.0. The van der Waals surface area contributed by atoms with Crippen molar-refractivity contribution in [2.24, 2.45) is 5.92 Å². The summed E-state index contributed by atoms with van der Waals surface area (Å²) < 4.78 is 84.6. The molecule has 3 aromatic rings. The highest BCUT2D eigenvalue weighted by atomic mass is 32.2. The SMILES string of the molecule is COc1cc(S(C)(=O)=O)ccc1NCC#Cc1cc(C(=O)N[C@@H]2[C@@H](C)CN(C)C[C@@H]2F)c2ncc(CC(F)(F)F)n2c1. The van der Waals surface area contributed by atoms with Crippen LogP contribution in [-0.4, -0.2) is 87.0 Å². The number of imidazole rings is 1. The molecule has 0 radical (unpaired) electrons. The molecule has 1 aliphatic heterocycles. The Bertz CT molecular complexity index is 1630. The van der Waals surface area contributed by atoms with Crippen LogP contribution in [0.2, 0.25) is 0 Å². The number of benzene rings is 1. The number of carbonyl (C=O) groups is 1. The van der Waals surface area contributed by atoms with Crippen LogP contribution in [0.25, 0.3) is 5.65 Å². The van der Waals surface area contributed by atoms with Gasteiger partial charge in [-0.1, -0.05) is 18.8 Å². The Balaban J connectivity index is 1.63. The molecule has 14 heteroatoms. The molecule has 2 aromatic heterocycles. The van der Waals surface area contributed by atoms with Gasteiger partial charge in [-0.3, -0.25) is 4.79 Å². The Morgan fingerprint density at radius 1 is 1.24 bits per heavy atom. The third-order valence-electron chi connectivity index (χ3n) is 6.90. The minimum absolute atomic E-state index is 0.00196. The number of alkyl halides is 4. The molecule has 1 aromatic carbocycles. The van der Waals surface area contributed by atoms with E-state index >= 15 is 0 Å². The van der Waals surface area contributed by atoms with Gasteiger partial charge in [0.15, 0.2) is 9.84 Å². The second kappa shape index (κ2) is 12.2. The number of piperidine rings is 1. The zero-order valence-electron chi connectivity index (χ0n) is 23.4. The number of sulfone groups is 1. The van der Waals surface area contributed by atoms with Gasteiger partial charge in [-0.2, -0.15) is 13.2 Å². The summed E-state index contributed by atoms with van der Waals surface area (Å²) in [6.07, 6.45) is -3.60. The molecule has 0 bridgehead atoms. The lowest BCUT2D eigenvalue weighted by molar-refractivity contribution is -0.127. The molecule has 3 heterocycles. The number of carbonyl (C=O) groups excluding carboxylic acids is 1. The van der Waals surface area contributed by atoms with Crippen molar-refractivity contribution in [3.05, 3.63) is 53.5 Å². The highest BCUT2D eigenvalue weighted by molar-refractivity contribution is 7.90. The summed E-state index contributed by atoms with van der Waals surface area (Å²) in [4.78, 5) is 19.3. The lowest BCUT2D eigenvalue weighted by Gasteiger charge is -2.37. The normalized spacial score (nSPS) is 19.7. The molecule has 1 saturated heterocycles. The summed E-state index contributed by atoms with van der Waals surface area (Å²) >= 11 is 0. The molecule has 1 fully saturated rings. The van der Waals surface area contributed by atoms with E-state index in [-0.39, 0.29) is 52.1 Å². The third-order valence-corrected chi connectivity index (χ3v) is 8.01. The number of pyridine rings is 1. The largest absolute Gasteiger partial charge is 0.495 e. The summed E-state index contributed by atoms with van der Waals surface area (Å²) in [7, 11) is -0.263. The van der Waals surface area contributed by atoms with E-state index in [1.54, 1.807) is 7.05 Å². The van der Waals surface area contributed by atoms with Gasteiger partial charge >= 0.3 is 6.18 Å². The van der Waals surface area contributed by atoms with Crippen LogP contribution in [0, 0.1) is 17.8 Å². The fourth-order valence-corrected chi connectivity index (χ4v) is 5.59. The lowest BCUT2D eigenvalue weighted by Crippen LogP contribution is -2.56. The molecule has 4 rings (SSSR count). The zero-order valence-corrected chi connectivity index (χ0v) is 24.2. The first-order chi connectivity index (χ1) is 19.7. The van der Waals surface area contributed by atoms with E-state index in [0.717, 1.165) is 12.5 Å². The number of hydrogen-bond donors (Lipinski definition) is 2. The monoisotopic (exact) mass is 609 g/mol. The van der Waals surface area contributed by atoms with Gasteiger partial charge in [0.05, 0.1) is 48.0 Å². The zero-order chi connectivity index (χ0) is 30.8. The fourth-order valence-electron chi connectivity index (χ4n) is 4.95. The Morgan fingerprint density at radius 2 is 1.98 bits per heavy atom. The number of ether oxygens (including phenoxy) is 1. The maximum absolute atomic E-state index is 14.8. The number of nitrogens with zero attached hydrogens (tertiary/aromatic N) is 3. The number of nitrogens with one attached hydrogen (secondary N) is 2. The van der Waals surface area contributed by atoms with Crippen LogP contribution in [0.15, 0.2) is 41.6 Å². The quantitative estimate of drug-likeness (QED) is 0.313. The number of halogens is 4. The summed E-state index contributed by atoms with van der Waals surface area (Å²) in [5.74, 6) is 5.12. The fraction of sp³-hybridized carbons (Fsp3) is 0.429. The molecule has 2 N–H and O–H groups in total. The predicted octanol–water partition coefficient (Wildman–Crippen LogP) is 3.33. The van der Waals surface area contributed by atoms with E-state index in [9.17, 15) is 30.8 Å². The average molecular weight is 610 g/mol. The van der Waals surface area contributed by atoms with Gasteiger partial charge in [-0.15, -0.1) is 0 Å². The summed E-state index contributed by atoms with van der Waals surface area (Å²) in [6, 6.07) is 4.96. The topological polar surface area (TPSA) is 105 Å². The van der Waals surface area contributed by atoms with Crippen LogP contribution in [0.3, 0.4) is 0 Å². The Morgan fingerprint density at radius 3 is 2.62 bits per heavy atom. The maximum atomic E-state index is 14.8. The van der Waals surface area contributed by atoms with E-state index in [1.807, 2.05) is 11.8 Å². The third kappa shape index (κ3) is 7.32. The van der Waals surface area contributed by atoms with Crippen LogP contribution < -0.4 is 15.4 Å². The maximum Gasteiger partial charge on any atom is 0.394 e. The van der Waals surface area contributed by atoms with E-state index in [4.69, 9.17) is 4.74 Å². The number of rotatable bonds is 7. The van der Waals surface area contributed by atoms with Crippen molar-refractivity contribution in [1.82, 2.24) is 19.6 Å². The summed E-state index contributed by atoms with van der Waals surface area (Å²) in [5.41, 5.74) is 0.509. The molecular weight excluding hydrogens is 578 g/mol. The van der Waals surface area contributed by atoms with Crippen molar-refractivity contribution in [2.45, 2.75) is 36.6 Å². The van der Waals surface area contributed by atoms with Crippen LogP contribution in [0.1, 0.15) is 28.5 Å². The second-order valence-electron chi connectivity index (χ2n) is 10.4. The molecule has 9 nitrogen and oxygen atoms in total. The van der Waals surface area contributed by atoms with Crippen molar-refractivity contribution in [3.8, 4) is 17.6 Å². The number of amides is 1. The van der Waals surface area contributed by atoms with Gasteiger partial charge in [0.1, 0.15) is 17.6 Å². The molecule has 226 valence electrons. The minimum Gasteiger partial charge on any atom is -0.495 e. The lowest BCUT2D eigenvalue weighted by atomic mass is 9.92. The standard InChI is InChI=1S/C28H31F4N5O4S/c1-17-14-36(2)16-22(29)25(17)35-27(38)21-10-18(15-37-19(12-28(30,31)32)13-34-26(21)37)6-5-9-33-23-8-7-20(42(4,39)40)11-24(23)41-3/h7-8,10-11,13,15,17,22,25,33H,9,12,14,16H2,1-4H3,(H,35,38)/t17-,22-,25+/m0/s1. The van der Waals surface area contributed by atoms with Crippen LogP contribution in [-0.2, 0) is 16.3 Å². The highest BCUT2D eigenvalue weighted by Gasteiger charge is 2.35. The van der Waals surface area contributed by atoms with E-state index < -0.39 is 40.6 Å². The number of methoxy groups -OCH3 is 1. The second-order valence-corrected chi connectivity index (χ2v) is 12.4. The molecule has 42 heavy (non-hydrogen) atoms. The van der Waals surface area contributed by atoms with Crippen molar-refractivity contribution in [2.75, 3.05) is 45.4 Å². The molecule has 1 amide bonds. The van der Waals surface area contributed by atoms with E-state index in [0.29, 0.717) is 12.2 Å². The molecule has 1 aliphatic rings. The predicted molar refractivity (Wildman–Crippen MR) is 149 cm³/mol. The highest BCUT2D eigenvalue weighted by Crippen LogP contribution is 2.28. The molecular formula is C28H31F4N5O4S. The Labute approximate surface area is 241 Å². The average Bonchev–Trinajstić information content (AvgIpc) is 3.28. The smallest absolute Gasteiger partial charge is 0.394 e. The van der Waals surface area contributed by atoms with Crippen LogP contribution in [0.5, 0.6) is 5.75 Å². The van der Waals surface area contributed by atoms with E-state index in [1.165, 1.54) is 42.0 Å². The van der Waals surface area contributed by atoms with E-state index in [2.05, 4.69) is 27.5 Å². The Hall–Kier alpha value is -3.83. The van der Waals surface area contributed by atoms with Crippen LogP contribution in [0.4, 0.5) is 23.2 Å². The van der Waals surface area contributed by atoms with Crippen molar-refractivity contribution in [3.63, 3.8) is 0 Å². The number of fused-ring (bicyclic) bond motifs is 1. The van der Waals surface area contributed by atoms with Gasteiger partial charge in [0.2, 0.25) is 0 Å². The first kappa shape index (κ1) is 31.1. The van der Waals surface area contributed by atoms with Crippen molar-refractivity contribution in [1.29, 1.82) is 0 Å². The molecule has 0 unspecified atom stereocenters. The summed E-state index contributed by atoms with van der Waals surface area (Å²) in [5, 5.41) is 5.72. The van der Waals surface area contributed by atoms with Gasteiger partial charge in [0.25, 0.3) is 5.91 Å². The number of aromatic nitrogens is 2. The number of anilines is 1. The van der Waals surface area contributed by atoms with Crippen molar-refractivity contribution >= 4 is 27.1 Å². The number of likely N-dealkylation sites (tertiary alicyclic amines) is 1. The number of hydrogen-bond acceptors (Lipinski definition) is 7. The van der Waals surface area contributed by atoms with Crippen LogP contribution >= 0.6 is 0 Å². The Kier molecular flexibility index (Phi) is 9.03. The first-order valence-corrected chi connectivity index (χ1v) is 14.9. The van der Waals surface area contributed by atoms with Gasteiger partial charge in [-0.25, -0.2) is 17.8 Å². The van der Waals surface area contributed by atoms with Crippen molar-refractivity contribution < 1.29 is 35.5 Å².